The van der Waals surface area contributed by atoms with Crippen LogP contribution in [0, 0.1) is 0 Å². The topological polar surface area (TPSA) is 74.8 Å². The van der Waals surface area contributed by atoms with Crippen LogP contribution < -0.4 is 5.32 Å². The van der Waals surface area contributed by atoms with Crippen molar-refractivity contribution < 1.29 is 14.3 Å². The van der Waals surface area contributed by atoms with Crippen molar-refractivity contribution in [2.75, 3.05) is 32.8 Å². The molecule has 1 aromatic heterocycles. The Morgan fingerprint density at radius 1 is 1.38 bits per heavy atom. The number of nitrogens with zero attached hydrogens (tertiary/aromatic N) is 3. The van der Waals surface area contributed by atoms with Crippen molar-refractivity contribution in [1.82, 2.24) is 20.1 Å². The molecule has 2 aliphatic rings. The fraction of sp³-hybridized carbons (Fsp3) is 0.438. The first kappa shape index (κ1) is 15.2. The molecule has 2 fully saturated rings. The lowest BCUT2D eigenvalue weighted by molar-refractivity contribution is 0.127. The van der Waals surface area contributed by atoms with Crippen LogP contribution in [0.3, 0.4) is 0 Å². The summed E-state index contributed by atoms with van der Waals surface area (Å²) in [5.74, 6) is 0. The maximum absolute atomic E-state index is 12.3. The summed E-state index contributed by atoms with van der Waals surface area (Å²) < 4.78 is 6.18. The van der Waals surface area contributed by atoms with Crippen LogP contribution >= 0.6 is 11.3 Å². The van der Waals surface area contributed by atoms with Gasteiger partial charge in [-0.25, -0.2) is 14.6 Å². The lowest BCUT2D eigenvalue weighted by atomic mass is 10.2. The summed E-state index contributed by atoms with van der Waals surface area (Å²) in [6.45, 7) is 2.53. The summed E-state index contributed by atoms with van der Waals surface area (Å²) in [6.07, 6.45) is 0.451. The van der Waals surface area contributed by atoms with Gasteiger partial charge in [0.1, 0.15) is 6.61 Å². The summed E-state index contributed by atoms with van der Waals surface area (Å²) in [5, 5.41) is 3.97. The minimum Gasteiger partial charge on any atom is -0.447 e. The average molecular weight is 346 g/mol. The Morgan fingerprint density at radius 2 is 2.25 bits per heavy atom. The number of carbonyl (C=O) groups excluding carboxylic acids is 2. The number of piperazine rings is 1. The standard InChI is InChI=1S/C16H18N4O3S/c21-15(19-7-8-20-11(9-19)10-23-16(20)22)17-6-5-14-18-12-3-1-2-4-13(12)24-14/h1-4,11H,5-10H2,(H,17,21). The smallest absolute Gasteiger partial charge is 0.410 e. The van der Waals surface area contributed by atoms with Crippen molar-refractivity contribution in [3.05, 3.63) is 29.3 Å². The zero-order valence-corrected chi connectivity index (χ0v) is 13.9. The van der Waals surface area contributed by atoms with Crippen LogP contribution in [-0.4, -0.2) is 65.7 Å². The van der Waals surface area contributed by atoms with Crippen LogP contribution in [0.4, 0.5) is 9.59 Å². The number of aromatic nitrogens is 1. The summed E-state index contributed by atoms with van der Waals surface area (Å²) in [6, 6.07) is 7.93. The summed E-state index contributed by atoms with van der Waals surface area (Å²) in [5.41, 5.74) is 1.01. The summed E-state index contributed by atoms with van der Waals surface area (Å²) >= 11 is 1.66. The van der Waals surface area contributed by atoms with Crippen molar-refractivity contribution in [3.63, 3.8) is 0 Å². The Kier molecular flexibility index (Phi) is 3.97. The summed E-state index contributed by atoms with van der Waals surface area (Å²) in [4.78, 5) is 31.8. The van der Waals surface area contributed by atoms with Crippen molar-refractivity contribution in [2.24, 2.45) is 0 Å². The van der Waals surface area contributed by atoms with Crippen molar-refractivity contribution >= 4 is 33.7 Å². The van der Waals surface area contributed by atoms with Gasteiger partial charge in [-0.1, -0.05) is 12.1 Å². The molecule has 0 saturated carbocycles. The number of urea groups is 1. The molecule has 2 aromatic rings. The molecule has 24 heavy (non-hydrogen) atoms. The highest BCUT2D eigenvalue weighted by Crippen LogP contribution is 2.21. The van der Waals surface area contributed by atoms with Crippen molar-refractivity contribution in [3.8, 4) is 0 Å². The molecule has 0 bridgehead atoms. The predicted molar refractivity (Wildman–Crippen MR) is 90.1 cm³/mol. The third-order valence-electron chi connectivity index (χ3n) is 4.36. The molecule has 1 N–H and O–H groups in total. The molecular weight excluding hydrogens is 328 g/mol. The van der Waals surface area contributed by atoms with Crippen LogP contribution in [0.25, 0.3) is 10.2 Å². The first-order chi connectivity index (χ1) is 11.7. The Hall–Kier alpha value is -2.35. The van der Waals surface area contributed by atoms with Crippen molar-refractivity contribution in [1.29, 1.82) is 0 Å². The number of rotatable bonds is 3. The van der Waals surface area contributed by atoms with E-state index in [2.05, 4.69) is 16.4 Å². The molecule has 0 aliphatic carbocycles. The highest BCUT2D eigenvalue weighted by Gasteiger charge is 2.38. The highest BCUT2D eigenvalue weighted by molar-refractivity contribution is 7.18. The number of nitrogens with one attached hydrogen (secondary N) is 1. The van der Waals surface area contributed by atoms with E-state index in [1.807, 2.05) is 18.2 Å². The number of ether oxygens (including phenoxy) is 1. The quantitative estimate of drug-likeness (QED) is 0.918. The maximum atomic E-state index is 12.3. The average Bonchev–Trinajstić information content (AvgIpc) is 3.17. The molecule has 8 heteroatoms. The van der Waals surface area contributed by atoms with Gasteiger partial charge in [-0.15, -0.1) is 11.3 Å². The van der Waals surface area contributed by atoms with Crippen LogP contribution in [0.2, 0.25) is 0 Å². The van der Waals surface area contributed by atoms with Crippen LogP contribution in [0.15, 0.2) is 24.3 Å². The molecule has 0 spiro atoms. The van der Waals surface area contributed by atoms with E-state index in [1.165, 1.54) is 4.70 Å². The fourth-order valence-electron chi connectivity index (χ4n) is 3.09. The lowest BCUT2D eigenvalue weighted by Gasteiger charge is -2.35. The Bertz CT molecular complexity index is 745. The van der Waals surface area contributed by atoms with Crippen LogP contribution in [0.1, 0.15) is 5.01 Å². The van der Waals surface area contributed by atoms with Gasteiger partial charge in [-0.05, 0) is 12.1 Å². The van der Waals surface area contributed by atoms with Crippen LogP contribution in [-0.2, 0) is 11.2 Å². The third kappa shape index (κ3) is 2.89. The molecule has 0 radical (unpaired) electrons. The number of amides is 3. The Labute approximate surface area is 143 Å². The first-order valence-corrected chi connectivity index (χ1v) is 8.83. The number of para-hydroxylation sites is 1. The predicted octanol–water partition coefficient (Wildman–Crippen LogP) is 1.68. The SMILES string of the molecule is O=C(NCCc1nc2ccccc2s1)N1CCN2C(=O)OCC2C1. The summed E-state index contributed by atoms with van der Waals surface area (Å²) in [7, 11) is 0. The number of hydrogen-bond donors (Lipinski definition) is 1. The molecule has 3 heterocycles. The number of benzene rings is 1. The van der Waals surface area contributed by atoms with Gasteiger partial charge < -0.3 is 15.0 Å². The van der Waals surface area contributed by atoms with Gasteiger partial charge in [-0.3, -0.25) is 4.90 Å². The Balaban J connectivity index is 1.28. The molecule has 1 unspecified atom stereocenters. The minimum absolute atomic E-state index is 0.0127. The maximum Gasteiger partial charge on any atom is 0.410 e. The number of hydrogen-bond acceptors (Lipinski definition) is 5. The second-order valence-electron chi connectivity index (χ2n) is 5.93. The van der Waals surface area contributed by atoms with E-state index in [0.717, 1.165) is 16.9 Å². The van der Waals surface area contributed by atoms with Crippen molar-refractivity contribution in [2.45, 2.75) is 12.5 Å². The second-order valence-corrected chi connectivity index (χ2v) is 7.04. The fourth-order valence-corrected chi connectivity index (χ4v) is 4.06. The lowest BCUT2D eigenvalue weighted by Crippen LogP contribution is -2.56. The van der Waals surface area contributed by atoms with E-state index < -0.39 is 0 Å². The molecule has 4 rings (SSSR count). The highest BCUT2D eigenvalue weighted by atomic mass is 32.1. The van der Waals surface area contributed by atoms with E-state index in [-0.39, 0.29) is 18.2 Å². The van der Waals surface area contributed by atoms with Gasteiger partial charge in [0.15, 0.2) is 0 Å². The molecule has 1 atom stereocenters. The molecule has 1 aromatic carbocycles. The minimum atomic E-state index is -0.268. The van der Waals surface area contributed by atoms with Gasteiger partial charge in [-0.2, -0.15) is 0 Å². The van der Waals surface area contributed by atoms with E-state index in [1.54, 1.807) is 21.1 Å². The number of cyclic esters (lactones) is 1. The first-order valence-electron chi connectivity index (χ1n) is 8.01. The Morgan fingerprint density at radius 3 is 3.12 bits per heavy atom. The molecule has 126 valence electrons. The number of fused-ring (bicyclic) bond motifs is 2. The monoisotopic (exact) mass is 346 g/mol. The largest absolute Gasteiger partial charge is 0.447 e. The van der Waals surface area contributed by atoms with Gasteiger partial charge >= 0.3 is 12.1 Å². The number of carbonyl (C=O) groups is 2. The molecule has 7 nitrogen and oxygen atoms in total. The molecule has 2 saturated heterocycles. The van der Waals surface area contributed by atoms with E-state index >= 15 is 0 Å². The van der Waals surface area contributed by atoms with Crippen LogP contribution in [0.5, 0.6) is 0 Å². The second kappa shape index (κ2) is 6.27. The van der Waals surface area contributed by atoms with E-state index in [0.29, 0.717) is 32.8 Å². The van der Waals surface area contributed by atoms with Gasteiger partial charge in [0.25, 0.3) is 0 Å². The molecular formula is C16H18N4O3S. The van der Waals surface area contributed by atoms with Gasteiger partial charge in [0.05, 0.1) is 21.3 Å². The third-order valence-corrected chi connectivity index (χ3v) is 5.45. The number of thiazole rings is 1. The zero-order chi connectivity index (χ0) is 16.5. The van der Waals surface area contributed by atoms with Gasteiger partial charge in [0, 0.05) is 32.6 Å². The zero-order valence-electron chi connectivity index (χ0n) is 13.1. The van der Waals surface area contributed by atoms with E-state index in [9.17, 15) is 9.59 Å². The molecule has 3 amide bonds. The van der Waals surface area contributed by atoms with Gasteiger partial charge in [0.2, 0.25) is 0 Å². The van der Waals surface area contributed by atoms with E-state index in [4.69, 9.17) is 4.74 Å². The normalized spacial score (nSPS) is 20.2. The molecule has 2 aliphatic heterocycles.